The largest absolute Gasteiger partial charge is 0.335 e. The molecule has 7 aromatic rings. The molecule has 0 saturated heterocycles. The van der Waals surface area contributed by atoms with Gasteiger partial charge in [-0.1, -0.05) is 157 Å². The highest BCUT2D eigenvalue weighted by Crippen LogP contribution is 2.66. The fourth-order valence-corrected chi connectivity index (χ4v) is 14.2. The molecule has 1 saturated carbocycles. The lowest BCUT2D eigenvalue weighted by Crippen LogP contribution is -2.64. The number of para-hydroxylation sites is 2. The second-order valence-corrected chi connectivity index (χ2v) is 21.9. The van der Waals surface area contributed by atoms with Crippen molar-refractivity contribution < 1.29 is 0 Å². The molecule has 4 aliphatic heterocycles. The van der Waals surface area contributed by atoms with Crippen molar-refractivity contribution in [3.05, 3.63) is 179 Å². The van der Waals surface area contributed by atoms with E-state index in [0.717, 1.165) is 19.3 Å². The van der Waals surface area contributed by atoms with Crippen LogP contribution < -0.4 is 31.1 Å². The monoisotopic (exact) mass is 831 g/mol. The summed E-state index contributed by atoms with van der Waals surface area (Å²) in [4.78, 5) is 8.34. The molecule has 1 fully saturated rings. The summed E-state index contributed by atoms with van der Waals surface area (Å²) in [6.07, 6.45) is 7.03. The summed E-state index contributed by atoms with van der Waals surface area (Å²) in [5.74, 6) is 0. The molecule has 0 aromatic heterocycles. The molecule has 0 amide bonds. The summed E-state index contributed by atoms with van der Waals surface area (Å²) < 4.78 is 0. The zero-order valence-electron chi connectivity index (χ0n) is 38.6. The molecular weight excluding hydrogens is 773 g/mol. The van der Waals surface area contributed by atoms with Crippen LogP contribution in [0.25, 0.3) is 11.1 Å². The molecule has 4 unspecified atom stereocenters. The van der Waals surface area contributed by atoms with Crippen LogP contribution in [0.3, 0.4) is 0 Å². The van der Waals surface area contributed by atoms with Crippen molar-refractivity contribution in [2.24, 2.45) is 0 Å². The van der Waals surface area contributed by atoms with Gasteiger partial charge in [0.25, 0.3) is 6.71 Å². The van der Waals surface area contributed by atoms with Gasteiger partial charge >= 0.3 is 0 Å². The average Bonchev–Trinajstić information content (AvgIpc) is 3.66. The molecule has 7 aromatic carbocycles. The van der Waals surface area contributed by atoms with E-state index in [2.05, 4.69) is 215 Å². The first-order valence-corrected chi connectivity index (χ1v) is 24.1. The predicted molar refractivity (Wildman–Crippen MR) is 271 cm³/mol. The Morgan fingerprint density at radius 2 is 1.20 bits per heavy atom. The Balaban J connectivity index is 1.16. The van der Waals surface area contributed by atoms with Gasteiger partial charge in [-0.3, -0.25) is 0 Å². The van der Waals surface area contributed by atoms with Gasteiger partial charge in [0.2, 0.25) is 0 Å². The van der Waals surface area contributed by atoms with Crippen LogP contribution in [0.4, 0.5) is 39.8 Å². The van der Waals surface area contributed by atoms with E-state index in [-0.39, 0.29) is 34.0 Å². The van der Waals surface area contributed by atoms with Crippen LogP contribution in [-0.4, -0.2) is 12.3 Å². The molecular formula is C60H58BN3. The highest BCUT2D eigenvalue weighted by atomic mass is 15.3. The lowest BCUT2D eigenvalue weighted by molar-refractivity contribution is 0.195. The molecule has 64 heavy (non-hydrogen) atoms. The normalized spacial score (nSPS) is 25.5. The average molecular weight is 832 g/mol. The van der Waals surface area contributed by atoms with E-state index in [0.29, 0.717) is 0 Å². The minimum atomic E-state index is -0.332. The van der Waals surface area contributed by atoms with E-state index in [1.54, 1.807) is 0 Å². The van der Waals surface area contributed by atoms with Crippen LogP contribution in [0, 0.1) is 0 Å². The van der Waals surface area contributed by atoms with Gasteiger partial charge in [-0.2, -0.15) is 0 Å². The van der Waals surface area contributed by atoms with Gasteiger partial charge in [-0.15, -0.1) is 0 Å². The molecule has 3 nitrogen and oxygen atoms in total. The maximum atomic E-state index is 2.91. The Kier molecular flexibility index (Phi) is 7.72. The molecule has 316 valence electrons. The summed E-state index contributed by atoms with van der Waals surface area (Å²) in [6.45, 7) is 17.6. The fourth-order valence-electron chi connectivity index (χ4n) is 14.2. The standard InChI is InChI=1S/C60H58BN3/c1-56(2,3)42-28-29-50-46(36-42)58(5)33-30-40-22-14-15-25-45(40)60(58,7)63(50)44-37-52-54-53(38-44)64-55-47(57(4)31-18-19-32-59(57,64)6)34-41(39-20-10-8-11-21-39)35-49(55)61(54)48-26-16-17-27-51(48)62(52)43-23-12-9-13-24-43/h8-17,20-29,34-38H,18-19,30-33H2,1-7H3. The SMILES string of the molecule is CC(C)(C)c1ccc2c(c1)C1(C)CCc3ccccc3C1(C)N2c1cc2c3c(c1)N1c4c(cc(-c5ccccc5)cc4C4(C)CCCCC14C)B3c1ccccc1N2c1ccccc1. The molecule has 4 heteroatoms. The topological polar surface area (TPSA) is 9.72 Å². The summed E-state index contributed by atoms with van der Waals surface area (Å²) in [5.41, 5.74) is 23.0. The van der Waals surface area contributed by atoms with Gasteiger partial charge < -0.3 is 14.7 Å². The molecule has 6 aliphatic rings. The van der Waals surface area contributed by atoms with Gasteiger partial charge in [0.15, 0.2) is 0 Å². The number of anilines is 7. The van der Waals surface area contributed by atoms with Crippen molar-refractivity contribution in [2.45, 2.75) is 114 Å². The molecule has 0 radical (unpaired) electrons. The number of benzene rings is 7. The van der Waals surface area contributed by atoms with Crippen molar-refractivity contribution in [3.8, 4) is 11.1 Å². The Morgan fingerprint density at radius 1 is 0.500 bits per heavy atom. The number of aryl methyl sites for hydroxylation is 1. The zero-order chi connectivity index (χ0) is 43.5. The second kappa shape index (κ2) is 12.8. The Morgan fingerprint density at radius 3 is 2.00 bits per heavy atom. The summed E-state index contributed by atoms with van der Waals surface area (Å²) >= 11 is 0. The van der Waals surface area contributed by atoms with Crippen LogP contribution in [0.2, 0.25) is 0 Å². The van der Waals surface area contributed by atoms with E-state index in [1.165, 1.54) is 114 Å². The second-order valence-electron chi connectivity index (χ2n) is 21.9. The third-order valence-corrected chi connectivity index (χ3v) is 18.0. The highest BCUT2D eigenvalue weighted by molar-refractivity contribution is 7.00. The van der Waals surface area contributed by atoms with Crippen LogP contribution in [0.15, 0.2) is 152 Å². The Bertz CT molecular complexity index is 3090. The molecule has 2 aliphatic carbocycles. The molecule has 13 rings (SSSR count). The Labute approximate surface area is 380 Å². The van der Waals surface area contributed by atoms with Crippen molar-refractivity contribution >= 4 is 62.9 Å². The third-order valence-electron chi connectivity index (χ3n) is 18.0. The number of rotatable bonds is 3. The zero-order valence-corrected chi connectivity index (χ0v) is 38.6. The van der Waals surface area contributed by atoms with E-state index in [4.69, 9.17) is 0 Å². The van der Waals surface area contributed by atoms with Gasteiger partial charge in [-0.25, -0.2) is 0 Å². The van der Waals surface area contributed by atoms with Crippen LogP contribution >= 0.6 is 0 Å². The minimum absolute atomic E-state index is 0.0222. The van der Waals surface area contributed by atoms with Gasteiger partial charge in [-0.05, 0) is 143 Å². The van der Waals surface area contributed by atoms with E-state index in [9.17, 15) is 0 Å². The quantitative estimate of drug-likeness (QED) is 0.164. The molecule has 4 atom stereocenters. The Hall–Kier alpha value is -6.00. The van der Waals surface area contributed by atoms with E-state index >= 15 is 0 Å². The van der Waals surface area contributed by atoms with Crippen LogP contribution in [0.5, 0.6) is 0 Å². The molecule has 0 spiro atoms. The molecule has 0 N–H and O–H groups in total. The number of hydrogen-bond donors (Lipinski definition) is 0. The van der Waals surface area contributed by atoms with Crippen LogP contribution in [0.1, 0.15) is 108 Å². The highest BCUT2D eigenvalue weighted by Gasteiger charge is 2.63. The molecule has 4 heterocycles. The summed E-state index contributed by atoms with van der Waals surface area (Å²) in [5, 5.41) is 0. The smallest absolute Gasteiger partial charge is 0.252 e. The van der Waals surface area contributed by atoms with Crippen molar-refractivity contribution in [1.82, 2.24) is 0 Å². The van der Waals surface area contributed by atoms with Gasteiger partial charge in [0.1, 0.15) is 0 Å². The van der Waals surface area contributed by atoms with Crippen molar-refractivity contribution in [3.63, 3.8) is 0 Å². The summed E-state index contributed by atoms with van der Waals surface area (Å²) in [7, 11) is 0. The predicted octanol–water partition coefficient (Wildman–Crippen LogP) is 13.3. The first-order valence-electron chi connectivity index (χ1n) is 24.1. The van der Waals surface area contributed by atoms with Crippen molar-refractivity contribution in [2.75, 3.05) is 14.7 Å². The lowest BCUT2D eigenvalue weighted by atomic mass is 9.33. The maximum absolute atomic E-state index is 2.91. The minimum Gasteiger partial charge on any atom is -0.335 e. The number of fused-ring (bicyclic) bond motifs is 12. The van der Waals surface area contributed by atoms with Crippen molar-refractivity contribution in [1.29, 1.82) is 0 Å². The van der Waals surface area contributed by atoms with Gasteiger partial charge in [0, 0.05) is 50.6 Å². The number of nitrogens with zero attached hydrogens (tertiary/aromatic N) is 3. The lowest BCUT2D eigenvalue weighted by Gasteiger charge is -2.54. The summed E-state index contributed by atoms with van der Waals surface area (Å²) in [6, 6.07) is 59.0. The molecule has 0 bridgehead atoms. The first-order chi connectivity index (χ1) is 30.9. The van der Waals surface area contributed by atoms with E-state index in [1.807, 2.05) is 0 Å². The number of hydrogen-bond acceptors (Lipinski definition) is 3. The fraction of sp³-hybridized carbons (Fsp3) is 0.300. The van der Waals surface area contributed by atoms with E-state index < -0.39 is 0 Å². The van der Waals surface area contributed by atoms with Gasteiger partial charge in [0.05, 0.1) is 11.1 Å². The first kappa shape index (κ1) is 38.5. The van der Waals surface area contributed by atoms with Crippen LogP contribution in [-0.2, 0) is 28.2 Å². The maximum Gasteiger partial charge on any atom is 0.252 e. The third kappa shape index (κ3) is 4.69.